The summed E-state index contributed by atoms with van der Waals surface area (Å²) in [5.41, 5.74) is 1.31. The Hall–Kier alpha value is -2.57. The molecule has 0 amide bonds. The van der Waals surface area contributed by atoms with Crippen molar-refractivity contribution in [3.05, 3.63) is 66.2 Å². The van der Waals surface area contributed by atoms with Crippen molar-refractivity contribution in [3.63, 3.8) is 0 Å². The standard InChI is InChI=1S/C22H30N4O2/c1-23-22(24-12-15-28-20-10-6-3-7-11-20)25-18-21(19-8-4-2-5-9-19)26-13-16-27-17-14-26/h2-11,21H,12-18H2,1H3,(H2,23,24,25). The molecule has 1 heterocycles. The molecule has 3 rings (SSSR count). The number of hydrogen-bond donors (Lipinski definition) is 2. The second kappa shape index (κ2) is 11.3. The monoisotopic (exact) mass is 382 g/mol. The van der Waals surface area contributed by atoms with E-state index in [0.717, 1.165) is 44.6 Å². The van der Waals surface area contributed by atoms with Gasteiger partial charge in [0.05, 0.1) is 25.8 Å². The van der Waals surface area contributed by atoms with Crippen molar-refractivity contribution in [2.45, 2.75) is 6.04 Å². The maximum atomic E-state index is 5.72. The number of ether oxygens (including phenoxy) is 2. The van der Waals surface area contributed by atoms with Crippen molar-refractivity contribution in [3.8, 4) is 5.75 Å². The molecule has 0 aliphatic carbocycles. The quantitative estimate of drug-likeness (QED) is 0.417. The van der Waals surface area contributed by atoms with Crippen LogP contribution < -0.4 is 15.4 Å². The summed E-state index contributed by atoms with van der Waals surface area (Å²) in [6, 6.07) is 20.7. The van der Waals surface area contributed by atoms with Crippen LogP contribution in [0.2, 0.25) is 0 Å². The average molecular weight is 383 g/mol. The first kappa shape index (κ1) is 20.2. The molecule has 28 heavy (non-hydrogen) atoms. The number of nitrogens with zero attached hydrogens (tertiary/aromatic N) is 2. The minimum atomic E-state index is 0.282. The molecule has 1 atom stereocenters. The van der Waals surface area contributed by atoms with Crippen molar-refractivity contribution in [2.75, 3.05) is 53.0 Å². The highest BCUT2D eigenvalue weighted by Gasteiger charge is 2.22. The van der Waals surface area contributed by atoms with Crippen molar-refractivity contribution in [1.82, 2.24) is 15.5 Å². The molecule has 0 spiro atoms. The summed E-state index contributed by atoms with van der Waals surface area (Å²) in [7, 11) is 1.79. The average Bonchev–Trinajstić information content (AvgIpc) is 2.77. The van der Waals surface area contributed by atoms with Gasteiger partial charge in [-0.2, -0.15) is 0 Å². The fraction of sp³-hybridized carbons (Fsp3) is 0.409. The van der Waals surface area contributed by atoms with Crippen LogP contribution in [-0.4, -0.2) is 63.9 Å². The maximum Gasteiger partial charge on any atom is 0.191 e. The Labute approximate surface area is 167 Å². The molecule has 0 aromatic heterocycles. The number of guanidine groups is 1. The number of benzene rings is 2. The zero-order chi connectivity index (χ0) is 19.4. The third-order valence-electron chi connectivity index (χ3n) is 4.76. The molecule has 0 saturated carbocycles. The predicted molar refractivity (Wildman–Crippen MR) is 113 cm³/mol. The molecule has 1 saturated heterocycles. The SMILES string of the molecule is CN=C(NCCOc1ccccc1)NCC(c1ccccc1)N1CCOCC1. The molecule has 6 heteroatoms. The Morgan fingerprint density at radius 1 is 1.04 bits per heavy atom. The van der Waals surface area contributed by atoms with Crippen LogP contribution in [-0.2, 0) is 4.74 Å². The van der Waals surface area contributed by atoms with E-state index in [2.05, 4.69) is 50.9 Å². The minimum Gasteiger partial charge on any atom is -0.492 e. The van der Waals surface area contributed by atoms with Crippen LogP contribution in [0.3, 0.4) is 0 Å². The van der Waals surface area contributed by atoms with Crippen molar-refractivity contribution < 1.29 is 9.47 Å². The van der Waals surface area contributed by atoms with E-state index in [1.807, 2.05) is 30.3 Å². The van der Waals surface area contributed by atoms with Gasteiger partial charge in [-0.1, -0.05) is 48.5 Å². The Bertz CT molecular complexity index is 703. The van der Waals surface area contributed by atoms with Crippen LogP contribution in [0.15, 0.2) is 65.7 Å². The van der Waals surface area contributed by atoms with Gasteiger partial charge in [0.2, 0.25) is 0 Å². The first-order valence-corrected chi connectivity index (χ1v) is 9.86. The Balaban J connectivity index is 1.49. The second-order valence-electron chi connectivity index (χ2n) is 6.62. The number of para-hydroxylation sites is 1. The molecular weight excluding hydrogens is 352 g/mol. The third kappa shape index (κ3) is 6.25. The van der Waals surface area contributed by atoms with Gasteiger partial charge in [-0.3, -0.25) is 9.89 Å². The molecule has 2 aromatic carbocycles. The lowest BCUT2D eigenvalue weighted by Crippen LogP contribution is -2.46. The summed E-state index contributed by atoms with van der Waals surface area (Å²) in [6.07, 6.45) is 0. The van der Waals surface area contributed by atoms with Crippen molar-refractivity contribution in [2.24, 2.45) is 4.99 Å². The van der Waals surface area contributed by atoms with Gasteiger partial charge in [-0.05, 0) is 17.7 Å². The molecule has 2 aromatic rings. The smallest absolute Gasteiger partial charge is 0.191 e. The van der Waals surface area contributed by atoms with Crippen LogP contribution in [0.5, 0.6) is 5.75 Å². The van der Waals surface area contributed by atoms with Crippen LogP contribution in [0.4, 0.5) is 0 Å². The number of hydrogen-bond acceptors (Lipinski definition) is 4. The summed E-state index contributed by atoms with van der Waals surface area (Å²) < 4.78 is 11.2. The molecule has 1 fully saturated rings. The molecule has 0 radical (unpaired) electrons. The van der Waals surface area contributed by atoms with E-state index in [1.54, 1.807) is 7.05 Å². The zero-order valence-corrected chi connectivity index (χ0v) is 16.5. The van der Waals surface area contributed by atoms with Gasteiger partial charge in [-0.15, -0.1) is 0 Å². The lowest BCUT2D eigenvalue weighted by atomic mass is 10.0. The highest BCUT2D eigenvalue weighted by Crippen LogP contribution is 2.20. The van der Waals surface area contributed by atoms with E-state index in [9.17, 15) is 0 Å². The van der Waals surface area contributed by atoms with E-state index in [-0.39, 0.29) is 6.04 Å². The van der Waals surface area contributed by atoms with Gasteiger partial charge < -0.3 is 20.1 Å². The van der Waals surface area contributed by atoms with Crippen LogP contribution in [0.1, 0.15) is 11.6 Å². The van der Waals surface area contributed by atoms with Gasteiger partial charge in [0, 0.05) is 26.7 Å². The first-order chi connectivity index (χ1) is 13.9. The van der Waals surface area contributed by atoms with E-state index in [1.165, 1.54) is 5.56 Å². The van der Waals surface area contributed by atoms with Crippen LogP contribution in [0.25, 0.3) is 0 Å². The van der Waals surface area contributed by atoms with Crippen molar-refractivity contribution >= 4 is 5.96 Å². The first-order valence-electron chi connectivity index (χ1n) is 9.86. The molecular formula is C22H30N4O2. The van der Waals surface area contributed by atoms with Crippen LogP contribution in [0, 0.1) is 0 Å². The van der Waals surface area contributed by atoms with Gasteiger partial charge in [-0.25, -0.2) is 0 Å². The highest BCUT2D eigenvalue weighted by atomic mass is 16.5. The lowest BCUT2D eigenvalue weighted by molar-refractivity contribution is 0.0170. The van der Waals surface area contributed by atoms with Crippen LogP contribution >= 0.6 is 0 Å². The maximum absolute atomic E-state index is 5.72. The molecule has 150 valence electrons. The number of aliphatic imine (C=N–C) groups is 1. The summed E-state index contributed by atoms with van der Waals surface area (Å²) in [5, 5.41) is 6.78. The Morgan fingerprint density at radius 3 is 2.39 bits per heavy atom. The number of nitrogens with one attached hydrogen (secondary N) is 2. The largest absolute Gasteiger partial charge is 0.492 e. The summed E-state index contributed by atoms with van der Waals surface area (Å²) in [6.45, 7) is 5.50. The summed E-state index contributed by atoms with van der Waals surface area (Å²) >= 11 is 0. The normalized spacial score (nSPS) is 16.4. The predicted octanol–water partition coefficient (Wildman–Crippen LogP) is 2.30. The van der Waals surface area contributed by atoms with E-state index < -0.39 is 0 Å². The Kier molecular flexibility index (Phi) is 8.15. The molecule has 2 N–H and O–H groups in total. The van der Waals surface area contributed by atoms with Crippen molar-refractivity contribution in [1.29, 1.82) is 0 Å². The zero-order valence-electron chi connectivity index (χ0n) is 16.5. The van der Waals surface area contributed by atoms with E-state index >= 15 is 0 Å². The summed E-state index contributed by atoms with van der Waals surface area (Å²) in [4.78, 5) is 6.81. The fourth-order valence-electron chi connectivity index (χ4n) is 3.29. The van der Waals surface area contributed by atoms with Gasteiger partial charge >= 0.3 is 0 Å². The molecule has 1 unspecified atom stereocenters. The molecule has 0 bridgehead atoms. The summed E-state index contributed by atoms with van der Waals surface area (Å²) in [5.74, 6) is 1.66. The van der Waals surface area contributed by atoms with Gasteiger partial charge in [0.15, 0.2) is 5.96 Å². The van der Waals surface area contributed by atoms with Gasteiger partial charge in [0.25, 0.3) is 0 Å². The second-order valence-corrected chi connectivity index (χ2v) is 6.62. The third-order valence-corrected chi connectivity index (χ3v) is 4.76. The lowest BCUT2D eigenvalue weighted by Gasteiger charge is -2.35. The highest BCUT2D eigenvalue weighted by molar-refractivity contribution is 5.79. The van der Waals surface area contributed by atoms with E-state index in [4.69, 9.17) is 9.47 Å². The minimum absolute atomic E-state index is 0.282. The fourth-order valence-corrected chi connectivity index (χ4v) is 3.29. The molecule has 6 nitrogen and oxygen atoms in total. The number of morpholine rings is 1. The Morgan fingerprint density at radius 2 is 1.71 bits per heavy atom. The molecule has 1 aliphatic heterocycles. The van der Waals surface area contributed by atoms with Gasteiger partial charge in [0.1, 0.15) is 12.4 Å². The topological polar surface area (TPSA) is 58.1 Å². The molecule has 1 aliphatic rings. The van der Waals surface area contributed by atoms with E-state index in [0.29, 0.717) is 13.2 Å². The number of rotatable bonds is 8.